The lowest BCUT2D eigenvalue weighted by Gasteiger charge is -2.15. The first-order valence-corrected chi connectivity index (χ1v) is 4.76. The van der Waals surface area contributed by atoms with Crippen molar-refractivity contribution in [1.29, 1.82) is 0 Å². The van der Waals surface area contributed by atoms with E-state index in [2.05, 4.69) is 0 Å². The molecule has 0 spiro atoms. The molecule has 0 heterocycles. The number of benzene rings is 1. The van der Waals surface area contributed by atoms with Gasteiger partial charge in [0.1, 0.15) is 11.5 Å². The summed E-state index contributed by atoms with van der Waals surface area (Å²) in [6, 6.07) is 1.86. The molecule has 0 N–H and O–H groups in total. The van der Waals surface area contributed by atoms with E-state index >= 15 is 0 Å². The quantitative estimate of drug-likeness (QED) is 0.716. The second-order valence-corrected chi connectivity index (χ2v) is 3.49. The summed E-state index contributed by atoms with van der Waals surface area (Å²) in [4.78, 5) is 11.5. The average Bonchev–Trinajstić information content (AvgIpc) is 2.19. The number of hydrogen-bond acceptors (Lipinski definition) is 3. The Kier molecular flexibility index (Phi) is 3.35. The van der Waals surface area contributed by atoms with Crippen molar-refractivity contribution in [3.8, 4) is 11.5 Å². The molecule has 0 atom stereocenters. The van der Waals surface area contributed by atoms with Crippen molar-refractivity contribution >= 4 is 5.78 Å². The van der Waals surface area contributed by atoms with E-state index in [0.717, 1.165) is 16.9 Å². The van der Waals surface area contributed by atoms with E-state index in [1.165, 1.54) is 6.92 Å². The number of ketones is 1. The first kappa shape index (κ1) is 11.6. The molecule has 0 aliphatic heterocycles. The van der Waals surface area contributed by atoms with Gasteiger partial charge < -0.3 is 9.47 Å². The molecule has 0 bridgehead atoms. The molecule has 1 aromatic carbocycles. The van der Waals surface area contributed by atoms with Crippen molar-refractivity contribution in [3.05, 3.63) is 22.8 Å². The van der Waals surface area contributed by atoms with Gasteiger partial charge in [0.25, 0.3) is 0 Å². The molecule has 3 heteroatoms. The van der Waals surface area contributed by atoms with Crippen LogP contribution in [0.3, 0.4) is 0 Å². The van der Waals surface area contributed by atoms with Crippen LogP contribution in [0.5, 0.6) is 11.5 Å². The van der Waals surface area contributed by atoms with Crippen LogP contribution in [0.4, 0.5) is 0 Å². The summed E-state index contributed by atoms with van der Waals surface area (Å²) in [5.41, 5.74) is 2.37. The second kappa shape index (κ2) is 4.34. The van der Waals surface area contributed by atoms with Gasteiger partial charge in [-0.1, -0.05) is 0 Å². The summed E-state index contributed by atoms with van der Waals surface area (Å²) in [7, 11) is 3.17. The highest BCUT2D eigenvalue weighted by Gasteiger charge is 2.17. The van der Waals surface area contributed by atoms with Gasteiger partial charge in [-0.3, -0.25) is 4.79 Å². The number of Topliss-reactive ketones (excluding diaryl/α,β-unsaturated/α-hetero) is 1. The maximum atomic E-state index is 11.5. The van der Waals surface area contributed by atoms with Crippen LogP contribution in [-0.4, -0.2) is 20.0 Å². The predicted molar refractivity (Wildman–Crippen MR) is 59.0 cm³/mol. The number of rotatable bonds is 3. The molecule has 0 radical (unpaired) electrons. The third-order valence-electron chi connectivity index (χ3n) is 2.46. The molecule has 0 saturated carbocycles. The lowest BCUT2D eigenvalue weighted by atomic mass is 10.00. The first-order chi connectivity index (χ1) is 7.02. The van der Waals surface area contributed by atoms with Gasteiger partial charge in [0.2, 0.25) is 0 Å². The number of carbonyl (C=O) groups excluding carboxylic acids is 1. The molecular formula is C12H16O3. The highest BCUT2D eigenvalue weighted by molar-refractivity contribution is 5.99. The van der Waals surface area contributed by atoms with Gasteiger partial charge in [0.15, 0.2) is 5.78 Å². The van der Waals surface area contributed by atoms with Crippen molar-refractivity contribution in [2.75, 3.05) is 14.2 Å². The van der Waals surface area contributed by atoms with Crippen LogP contribution >= 0.6 is 0 Å². The summed E-state index contributed by atoms with van der Waals surface area (Å²) >= 11 is 0. The molecular weight excluding hydrogens is 192 g/mol. The summed E-state index contributed by atoms with van der Waals surface area (Å²) in [5, 5.41) is 0. The minimum absolute atomic E-state index is 0.00935. The zero-order valence-electron chi connectivity index (χ0n) is 9.80. The highest BCUT2D eigenvalue weighted by Crippen LogP contribution is 2.34. The largest absolute Gasteiger partial charge is 0.496 e. The average molecular weight is 208 g/mol. The molecule has 82 valence electrons. The van der Waals surface area contributed by atoms with Crippen LogP contribution in [0.25, 0.3) is 0 Å². The first-order valence-electron chi connectivity index (χ1n) is 4.76. The van der Waals surface area contributed by atoms with E-state index in [-0.39, 0.29) is 5.78 Å². The van der Waals surface area contributed by atoms with E-state index in [4.69, 9.17) is 9.47 Å². The maximum absolute atomic E-state index is 11.5. The molecule has 0 aromatic heterocycles. The normalized spacial score (nSPS) is 9.93. The molecule has 0 unspecified atom stereocenters. The number of carbonyl (C=O) groups is 1. The van der Waals surface area contributed by atoms with Gasteiger partial charge in [-0.25, -0.2) is 0 Å². The Labute approximate surface area is 90.0 Å². The van der Waals surface area contributed by atoms with Gasteiger partial charge in [-0.05, 0) is 32.4 Å². The Morgan fingerprint density at radius 1 is 1.20 bits per heavy atom. The Balaban J connectivity index is 3.53. The lowest BCUT2D eigenvalue weighted by Crippen LogP contribution is -2.04. The Morgan fingerprint density at radius 3 is 2.20 bits per heavy atom. The van der Waals surface area contributed by atoms with E-state index < -0.39 is 0 Å². The fraction of sp³-hybridized carbons (Fsp3) is 0.417. The second-order valence-electron chi connectivity index (χ2n) is 3.49. The monoisotopic (exact) mass is 208 g/mol. The summed E-state index contributed by atoms with van der Waals surface area (Å²) in [5.74, 6) is 1.36. The topological polar surface area (TPSA) is 35.5 Å². The molecule has 0 saturated heterocycles. The summed E-state index contributed by atoms with van der Waals surface area (Å²) in [6.07, 6.45) is 0. The third-order valence-corrected chi connectivity index (χ3v) is 2.46. The number of hydrogen-bond donors (Lipinski definition) is 0. The van der Waals surface area contributed by atoms with Gasteiger partial charge in [0, 0.05) is 5.56 Å². The van der Waals surface area contributed by atoms with E-state index in [1.54, 1.807) is 14.2 Å². The minimum Gasteiger partial charge on any atom is -0.496 e. The van der Waals surface area contributed by atoms with Crippen LogP contribution in [0.2, 0.25) is 0 Å². The molecule has 1 rings (SSSR count). The molecule has 1 aromatic rings. The van der Waals surface area contributed by atoms with Crippen molar-refractivity contribution in [2.24, 2.45) is 0 Å². The SMILES string of the molecule is COc1cc(C)c(C(C)=O)c(OC)c1C. The minimum atomic E-state index is 0.00935. The number of aryl methyl sites for hydroxylation is 1. The summed E-state index contributed by atoms with van der Waals surface area (Å²) < 4.78 is 10.5. The zero-order valence-corrected chi connectivity index (χ0v) is 9.80. The van der Waals surface area contributed by atoms with Crippen molar-refractivity contribution in [2.45, 2.75) is 20.8 Å². The van der Waals surface area contributed by atoms with E-state index in [0.29, 0.717) is 11.3 Å². The van der Waals surface area contributed by atoms with E-state index in [1.807, 2.05) is 19.9 Å². The van der Waals surface area contributed by atoms with Gasteiger partial charge in [0.05, 0.1) is 19.8 Å². The Morgan fingerprint density at radius 2 is 1.80 bits per heavy atom. The Hall–Kier alpha value is -1.51. The van der Waals surface area contributed by atoms with E-state index in [9.17, 15) is 4.79 Å². The van der Waals surface area contributed by atoms with Crippen molar-refractivity contribution in [1.82, 2.24) is 0 Å². The van der Waals surface area contributed by atoms with Gasteiger partial charge >= 0.3 is 0 Å². The summed E-state index contributed by atoms with van der Waals surface area (Å²) in [6.45, 7) is 5.29. The van der Waals surface area contributed by atoms with Crippen LogP contribution in [0.15, 0.2) is 6.07 Å². The fourth-order valence-electron chi connectivity index (χ4n) is 1.76. The molecule has 0 aliphatic rings. The predicted octanol–water partition coefficient (Wildman–Crippen LogP) is 2.52. The molecule has 3 nitrogen and oxygen atoms in total. The Bertz CT molecular complexity index is 394. The molecule has 0 amide bonds. The van der Waals surface area contributed by atoms with Gasteiger partial charge in [-0.15, -0.1) is 0 Å². The number of methoxy groups -OCH3 is 2. The molecule has 15 heavy (non-hydrogen) atoms. The third kappa shape index (κ3) is 1.96. The van der Waals surface area contributed by atoms with Crippen molar-refractivity contribution < 1.29 is 14.3 Å². The lowest BCUT2D eigenvalue weighted by molar-refractivity contribution is 0.101. The highest BCUT2D eigenvalue weighted by atomic mass is 16.5. The van der Waals surface area contributed by atoms with Crippen LogP contribution in [0.1, 0.15) is 28.4 Å². The van der Waals surface area contributed by atoms with Crippen LogP contribution in [0, 0.1) is 13.8 Å². The maximum Gasteiger partial charge on any atom is 0.163 e. The van der Waals surface area contributed by atoms with Crippen molar-refractivity contribution in [3.63, 3.8) is 0 Å². The van der Waals surface area contributed by atoms with Crippen LogP contribution in [-0.2, 0) is 0 Å². The van der Waals surface area contributed by atoms with Gasteiger partial charge in [-0.2, -0.15) is 0 Å². The standard InChI is InChI=1S/C12H16O3/c1-7-6-10(14-4)8(2)12(15-5)11(7)9(3)13/h6H,1-5H3. The smallest absolute Gasteiger partial charge is 0.163 e. The fourth-order valence-corrected chi connectivity index (χ4v) is 1.76. The molecule has 0 aliphatic carbocycles. The zero-order chi connectivity index (χ0) is 11.6. The molecule has 0 fully saturated rings. The number of ether oxygens (including phenoxy) is 2. The van der Waals surface area contributed by atoms with Crippen LogP contribution < -0.4 is 9.47 Å².